The number of nitrogens with zero attached hydrogens (tertiary/aromatic N) is 1. The second-order valence-electron chi connectivity index (χ2n) is 6.51. The molecule has 4 rings (SSSR count). The van der Waals surface area contributed by atoms with Gasteiger partial charge < -0.3 is 15.0 Å². The number of fused-ring (bicyclic) bond motifs is 3. The highest BCUT2D eigenvalue weighted by atomic mass is 35.5. The van der Waals surface area contributed by atoms with E-state index in [9.17, 15) is 4.79 Å². The first kappa shape index (κ1) is 17.5. The summed E-state index contributed by atoms with van der Waals surface area (Å²) in [5.41, 5.74) is 1.09. The number of hydrogen-bond donors (Lipinski definition) is 1. The summed E-state index contributed by atoms with van der Waals surface area (Å²) in [5.74, 6) is 1.07. The molecule has 130 valence electrons. The Kier molecular flexibility index (Phi) is 5.04. The van der Waals surface area contributed by atoms with Crippen molar-refractivity contribution in [2.75, 3.05) is 20.2 Å². The van der Waals surface area contributed by atoms with Crippen LogP contribution in [-0.2, 0) is 0 Å². The van der Waals surface area contributed by atoms with Crippen molar-refractivity contribution in [3.63, 3.8) is 0 Å². The van der Waals surface area contributed by atoms with Crippen molar-refractivity contribution in [3.8, 4) is 5.75 Å². The zero-order valence-corrected chi connectivity index (χ0v) is 15.6. The first-order valence-electron chi connectivity index (χ1n) is 8.29. The molecule has 2 aromatic rings. The van der Waals surface area contributed by atoms with Gasteiger partial charge in [-0.25, -0.2) is 0 Å². The molecule has 2 unspecified atom stereocenters. The van der Waals surface area contributed by atoms with Gasteiger partial charge in [-0.15, -0.1) is 23.7 Å². The average Bonchev–Trinajstić information content (AvgIpc) is 3.02. The summed E-state index contributed by atoms with van der Waals surface area (Å²) in [5, 5.41) is 4.60. The molecule has 3 heterocycles. The van der Waals surface area contributed by atoms with Crippen molar-refractivity contribution in [1.29, 1.82) is 0 Å². The van der Waals surface area contributed by atoms with Crippen molar-refractivity contribution < 1.29 is 9.53 Å². The van der Waals surface area contributed by atoms with Gasteiger partial charge in [-0.2, -0.15) is 0 Å². The third-order valence-corrected chi connectivity index (χ3v) is 6.49. The quantitative estimate of drug-likeness (QED) is 0.882. The number of rotatable bonds is 2. The van der Waals surface area contributed by atoms with E-state index >= 15 is 0 Å². The first-order valence-corrected chi connectivity index (χ1v) is 9.11. The van der Waals surface area contributed by atoms with E-state index in [0.29, 0.717) is 12.1 Å². The third-order valence-electron chi connectivity index (χ3n) is 5.23. The summed E-state index contributed by atoms with van der Waals surface area (Å²) in [4.78, 5) is 16.3. The van der Waals surface area contributed by atoms with Crippen molar-refractivity contribution in [2.24, 2.45) is 0 Å². The minimum Gasteiger partial charge on any atom is -0.497 e. The van der Waals surface area contributed by atoms with Crippen LogP contribution in [0.4, 0.5) is 0 Å². The summed E-state index contributed by atoms with van der Waals surface area (Å²) >= 11 is 1.62. The van der Waals surface area contributed by atoms with Gasteiger partial charge in [-0.05, 0) is 61.9 Å². The molecule has 1 N–H and O–H groups in total. The normalized spacial score (nSPS) is 23.0. The molecule has 2 bridgehead atoms. The lowest BCUT2D eigenvalue weighted by Gasteiger charge is -2.27. The largest absolute Gasteiger partial charge is 0.497 e. The number of carbonyl (C=O) groups is 1. The van der Waals surface area contributed by atoms with Crippen LogP contribution in [0.15, 0.2) is 18.2 Å². The second-order valence-corrected chi connectivity index (χ2v) is 7.56. The molecular formula is C18H23ClN2O2S. The van der Waals surface area contributed by atoms with E-state index in [-0.39, 0.29) is 18.3 Å². The van der Waals surface area contributed by atoms with Gasteiger partial charge in [-0.3, -0.25) is 4.79 Å². The van der Waals surface area contributed by atoms with E-state index in [1.54, 1.807) is 18.4 Å². The fourth-order valence-electron chi connectivity index (χ4n) is 3.96. The Hall–Kier alpha value is -1.30. The fraction of sp³-hybridized carbons (Fsp3) is 0.500. The highest BCUT2D eigenvalue weighted by molar-refractivity contribution is 7.21. The van der Waals surface area contributed by atoms with Crippen LogP contribution >= 0.6 is 23.7 Å². The van der Waals surface area contributed by atoms with Crippen LogP contribution in [0.5, 0.6) is 5.75 Å². The molecule has 2 aliphatic heterocycles. The number of ether oxygens (including phenoxy) is 1. The van der Waals surface area contributed by atoms with Gasteiger partial charge in [0, 0.05) is 23.3 Å². The molecule has 0 saturated carbocycles. The molecule has 6 heteroatoms. The third kappa shape index (κ3) is 2.79. The number of carbonyl (C=O) groups excluding carboxylic acids is 1. The lowest BCUT2D eigenvalue weighted by Crippen LogP contribution is -2.42. The maximum atomic E-state index is 13.2. The summed E-state index contributed by atoms with van der Waals surface area (Å²) < 4.78 is 6.48. The number of methoxy groups -OCH3 is 1. The van der Waals surface area contributed by atoms with Crippen LogP contribution in [0, 0.1) is 6.92 Å². The van der Waals surface area contributed by atoms with Gasteiger partial charge in [0.15, 0.2) is 0 Å². The predicted molar refractivity (Wildman–Crippen MR) is 101 cm³/mol. The van der Waals surface area contributed by atoms with Crippen molar-refractivity contribution >= 4 is 39.7 Å². The Labute approximate surface area is 152 Å². The molecule has 0 aliphatic carbocycles. The van der Waals surface area contributed by atoms with Gasteiger partial charge in [-0.1, -0.05) is 0 Å². The van der Waals surface area contributed by atoms with Crippen LogP contribution < -0.4 is 10.1 Å². The van der Waals surface area contributed by atoms with Crippen LogP contribution in [-0.4, -0.2) is 43.1 Å². The average molecular weight is 367 g/mol. The van der Waals surface area contributed by atoms with E-state index in [2.05, 4.69) is 23.2 Å². The minimum atomic E-state index is 0. The van der Waals surface area contributed by atoms with Crippen molar-refractivity contribution in [3.05, 3.63) is 28.6 Å². The van der Waals surface area contributed by atoms with Crippen LogP contribution in [0.3, 0.4) is 0 Å². The monoisotopic (exact) mass is 366 g/mol. The topological polar surface area (TPSA) is 41.6 Å². The molecule has 4 nitrogen and oxygen atoms in total. The Morgan fingerprint density at radius 1 is 1.29 bits per heavy atom. The fourth-order valence-corrected chi connectivity index (χ4v) is 5.10. The zero-order chi connectivity index (χ0) is 16.0. The maximum absolute atomic E-state index is 13.2. The number of halogens is 1. The molecule has 1 aromatic heterocycles. The Morgan fingerprint density at radius 2 is 2.08 bits per heavy atom. The highest BCUT2D eigenvalue weighted by Gasteiger charge is 2.39. The number of benzene rings is 1. The smallest absolute Gasteiger partial charge is 0.264 e. The van der Waals surface area contributed by atoms with Gasteiger partial charge >= 0.3 is 0 Å². The molecule has 24 heavy (non-hydrogen) atoms. The molecule has 0 spiro atoms. The SMILES string of the molecule is COc1ccc2sc(C(=O)N3C4CCNCC3CC4)c(C)c2c1.Cl. The van der Waals surface area contributed by atoms with Crippen LogP contribution in [0.2, 0.25) is 0 Å². The molecular weight excluding hydrogens is 344 g/mol. The number of amides is 1. The van der Waals surface area contributed by atoms with E-state index in [4.69, 9.17) is 4.74 Å². The standard InChI is InChI=1S/C18H22N2O2S.ClH/c1-11-15-9-14(22-2)5-6-16(15)23-17(11)18(21)20-12-3-4-13(20)10-19-8-7-12;/h5-6,9,12-13,19H,3-4,7-8,10H2,1-2H3;1H. The highest BCUT2D eigenvalue weighted by Crippen LogP contribution is 2.37. The number of hydrogen-bond acceptors (Lipinski definition) is 4. The zero-order valence-electron chi connectivity index (χ0n) is 14.0. The number of nitrogens with one attached hydrogen (secondary N) is 1. The molecule has 2 fully saturated rings. The minimum absolute atomic E-state index is 0. The molecule has 1 amide bonds. The molecule has 2 aliphatic rings. The molecule has 0 radical (unpaired) electrons. The van der Waals surface area contributed by atoms with Gasteiger partial charge in [0.2, 0.25) is 0 Å². The van der Waals surface area contributed by atoms with Crippen LogP contribution in [0.25, 0.3) is 10.1 Å². The lowest BCUT2D eigenvalue weighted by atomic mass is 10.1. The molecule has 1 aromatic carbocycles. The predicted octanol–water partition coefficient (Wildman–Crippen LogP) is 3.61. The Balaban J connectivity index is 0.00000169. The lowest BCUT2D eigenvalue weighted by molar-refractivity contribution is 0.0685. The van der Waals surface area contributed by atoms with Crippen molar-refractivity contribution in [2.45, 2.75) is 38.3 Å². The van der Waals surface area contributed by atoms with E-state index < -0.39 is 0 Å². The second kappa shape index (κ2) is 6.90. The van der Waals surface area contributed by atoms with E-state index in [0.717, 1.165) is 58.6 Å². The van der Waals surface area contributed by atoms with Gasteiger partial charge in [0.05, 0.1) is 12.0 Å². The van der Waals surface area contributed by atoms with E-state index in [1.165, 1.54) is 0 Å². The van der Waals surface area contributed by atoms with E-state index in [1.807, 2.05) is 12.1 Å². The Morgan fingerprint density at radius 3 is 2.88 bits per heavy atom. The first-order chi connectivity index (χ1) is 11.2. The Bertz CT molecular complexity index is 747. The number of thiophene rings is 1. The van der Waals surface area contributed by atoms with Gasteiger partial charge in [0.25, 0.3) is 5.91 Å². The maximum Gasteiger partial charge on any atom is 0.264 e. The number of aryl methyl sites for hydroxylation is 1. The molecule has 2 atom stereocenters. The summed E-state index contributed by atoms with van der Waals surface area (Å²) in [6, 6.07) is 6.82. The summed E-state index contributed by atoms with van der Waals surface area (Å²) in [6.45, 7) is 4.01. The molecule has 2 saturated heterocycles. The van der Waals surface area contributed by atoms with Crippen LogP contribution in [0.1, 0.15) is 34.5 Å². The van der Waals surface area contributed by atoms with Crippen molar-refractivity contribution in [1.82, 2.24) is 10.2 Å². The summed E-state index contributed by atoms with van der Waals surface area (Å²) in [7, 11) is 1.68. The summed E-state index contributed by atoms with van der Waals surface area (Å²) in [6.07, 6.45) is 3.34. The van der Waals surface area contributed by atoms with Gasteiger partial charge in [0.1, 0.15) is 5.75 Å².